The van der Waals surface area contributed by atoms with Gasteiger partial charge in [0.2, 0.25) is 0 Å². The predicted octanol–water partition coefficient (Wildman–Crippen LogP) is 3.67. The van der Waals surface area contributed by atoms with Gasteiger partial charge in [-0.1, -0.05) is 43.6 Å². The molecule has 1 heterocycles. The molecule has 0 bridgehead atoms. The minimum atomic E-state index is -0.305. The second-order valence-electron chi connectivity index (χ2n) is 5.81. The van der Waals surface area contributed by atoms with Crippen LogP contribution in [0.4, 0.5) is 0 Å². The average molecular weight is 290 g/mol. The number of ether oxygens (including phenoxy) is 1. The van der Waals surface area contributed by atoms with Gasteiger partial charge in [0.05, 0.1) is 6.61 Å². The third kappa shape index (κ3) is 3.86. The predicted molar refractivity (Wildman–Crippen MR) is 78.5 cm³/mol. The highest BCUT2D eigenvalue weighted by molar-refractivity contribution is 6.31. The van der Waals surface area contributed by atoms with Crippen LogP contribution in [0.1, 0.15) is 26.3 Å². The van der Waals surface area contributed by atoms with Gasteiger partial charge in [0, 0.05) is 23.4 Å². The topological polar surface area (TPSA) is 21.3 Å². The van der Waals surface area contributed by atoms with Crippen molar-refractivity contribution < 1.29 is 4.74 Å². The maximum Gasteiger partial charge on any atom is 0.120 e. The Kier molecular flexibility index (Phi) is 5.07. The molecular formula is C14H21Cl2NO. The average Bonchev–Trinajstić information content (AvgIpc) is 2.27. The van der Waals surface area contributed by atoms with E-state index in [1.807, 2.05) is 18.2 Å². The molecule has 0 radical (unpaired) electrons. The molecule has 1 aromatic carbocycles. The first-order valence-corrected chi connectivity index (χ1v) is 6.40. The Morgan fingerprint density at radius 2 is 1.94 bits per heavy atom. The van der Waals surface area contributed by atoms with E-state index < -0.39 is 0 Å². The van der Waals surface area contributed by atoms with E-state index >= 15 is 0 Å². The molecule has 0 aliphatic carbocycles. The molecule has 2 rings (SSSR count). The first kappa shape index (κ1) is 15.8. The van der Waals surface area contributed by atoms with E-state index in [0.717, 1.165) is 30.2 Å². The zero-order chi connectivity index (χ0) is 12.5. The van der Waals surface area contributed by atoms with Crippen LogP contribution in [0.5, 0.6) is 0 Å². The van der Waals surface area contributed by atoms with E-state index in [2.05, 4.69) is 32.2 Å². The fraction of sp³-hybridized carbons (Fsp3) is 0.571. The van der Waals surface area contributed by atoms with Gasteiger partial charge in [0.1, 0.15) is 5.72 Å². The summed E-state index contributed by atoms with van der Waals surface area (Å²) >= 11 is 6.18. The van der Waals surface area contributed by atoms with Gasteiger partial charge in [0.25, 0.3) is 0 Å². The molecule has 0 saturated carbocycles. The highest BCUT2D eigenvalue weighted by Crippen LogP contribution is 2.28. The minimum absolute atomic E-state index is 0. The number of benzene rings is 1. The molecule has 102 valence electrons. The van der Waals surface area contributed by atoms with Crippen molar-refractivity contribution in [3.8, 4) is 0 Å². The van der Waals surface area contributed by atoms with Crippen LogP contribution in [0, 0.1) is 5.41 Å². The fourth-order valence-corrected chi connectivity index (χ4v) is 2.20. The van der Waals surface area contributed by atoms with Crippen molar-refractivity contribution in [2.45, 2.75) is 32.9 Å². The molecule has 1 unspecified atom stereocenters. The Bertz CT molecular complexity index is 397. The Labute approximate surface area is 120 Å². The third-order valence-electron chi connectivity index (χ3n) is 3.21. The molecule has 0 spiro atoms. The minimum Gasteiger partial charge on any atom is -0.360 e. The first-order chi connectivity index (χ1) is 7.90. The highest BCUT2D eigenvalue weighted by atomic mass is 35.5. The van der Waals surface area contributed by atoms with E-state index in [1.54, 1.807) is 0 Å². The van der Waals surface area contributed by atoms with Crippen LogP contribution in [-0.2, 0) is 11.2 Å². The van der Waals surface area contributed by atoms with Gasteiger partial charge in [-0.2, -0.15) is 0 Å². The van der Waals surface area contributed by atoms with E-state index in [-0.39, 0.29) is 23.5 Å². The smallest absolute Gasteiger partial charge is 0.120 e. The molecule has 4 heteroatoms. The molecule has 1 aromatic rings. The van der Waals surface area contributed by atoms with Gasteiger partial charge in [-0.15, -0.1) is 12.4 Å². The van der Waals surface area contributed by atoms with E-state index in [4.69, 9.17) is 16.3 Å². The first-order valence-electron chi connectivity index (χ1n) is 6.03. The van der Waals surface area contributed by atoms with E-state index in [1.165, 1.54) is 0 Å². The number of halogens is 2. The molecule has 1 aliphatic rings. The highest BCUT2D eigenvalue weighted by Gasteiger charge is 2.35. The Balaban J connectivity index is 0.00000162. The fourth-order valence-electron chi connectivity index (χ4n) is 2.00. The van der Waals surface area contributed by atoms with Gasteiger partial charge < -0.3 is 4.74 Å². The SMILES string of the molecule is CC1(C)CNC(C)(Cc2ccccc2Cl)OC1.Cl. The van der Waals surface area contributed by atoms with E-state index in [0.29, 0.717) is 0 Å². The van der Waals surface area contributed by atoms with Gasteiger partial charge in [-0.25, -0.2) is 0 Å². The standard InChI is InChI=1S/C14H20ClNO.ClH/c1-13(2)9-16-14(3,17-10-13)8-11-6-4-5-7-12(11)15;/h4-7,16H,8-10H2,1-3H3;1H. The molecule has 18 heavy (non-hydrogen) atoms. The van der Waals surface area contributed by atoms with Gasteiger partial charge >= 0.3 is 0 Å². The molecule has 0 amide bonds. The molecule has 2 nitrogen and oxygen atoms in total. The van der Waals surface area contributed by atoms with Crippen LogP contribution in [0.2, 0.25) is 5.02 Å². The van der Waals surface area contributed by atoms with Crippen molar-refractivity contribution in [3.05, 3.63) is 34.9 Å². The number of rotatable bonds is 2. The quantitative estimate of drug-likeness (QED) is 0.897. The number of nitrogens with one attached hydrogen (secondary N) is 1. The summed E-state index contributed by atoms with van der Waals surface area (Å²) < 4.78 is 5.97. The van der Waals surface area contributed by atoms with Crippen molar-refractivity contribution >= 4 is 24.0 Å². The van der Waals surface area contributed by atoms with Crippen LogP contribution < -0.4 is 5.32 Å². The van der Waals surface area contributed by atoms with Crippen molar-refractivity contribution in [1.82, 2.24) is 5.32 Å². The van der Waals surface area contributed by atoms with Crippen LogP contribution in [-0.4, -0.2) is 18.9 Å². The molecule has 1 saturated heterocycles. The lowest BCUT2D eigenvalue weighted by Crippen LogP contribution is -2.56. The summed E-state index contributed by atoms with van der Waals surface area (Å²) in [6.07, 6.45) is 0.794. The third-order valence-corrected chi connectivity index (χ3v) is 3.58. The second-order valence-corrected chi connectivity index (χ2v) is 6.21. The summed E-state index contributed by atoms with van der Waals surface area (Å²) in [5.41, 5.74) is 1.03. The maximum atomic E-state index is 6.18. The van der Waals surface area contributed by atoms with Gasteiger partial charge in [0.15, 0.2) is 0 Å². The summed E-state index contributed by atoms with van der Waals surface area (Å²) in [4.78, 5) is 0. The summed E-state index contributed by atoms with van der Waals surface area (Å²) in [5, 5.41) is 4.29. The zero-order valence-electron chi connectivity index (χ0n) is 11.1. The molecule has 1 fully saturated rings. The van der Waals surface area contributed by atoms with Crippen molar-refractivity contribution in [2.24, 2.45) is 5.41 Å². The number of hydrogen-bond acceptors (Lipinski definition) is 2. The molecule has 1 N–H and O–H groups in total. The van der Waals surface area contributed by atoms with E-state index in [9.17, 15) is 0 Å². The molecule has 0 aromatic heterocycles. The van der Waals surface area contributed by atoms with Crippen molar-refractivity contribution in [2.75, 3.05) is 13.2 Å². The Morgan fingerprint density at radius 1 is 1.28 bits per heavy atom. The number of hydrogen-bond donors (Lipinski definition) is 1. The molecule has 1 aliphatic heterocycles. The van der Waals surface area contributed by atoms with Crippen molar-refractivity contribution in [1.29, 1.82) is 0 Å². The van der Waals surface area contributed by atoms with Gasteiger partial charge in [-0.05, 0) is 18.6 Å². The summed E-state index contributed by atoms with van der Waals surface area (Å²) in [5.74, 6) is 0. The Morgan fingerprint density at radius 3 is 2.50 bits per heavy atom. The summed E-state index contributed by atoms with van der Waals surface area (Å²) in [7, 11) is 0. The normalized spacial score (nSPS) is 26.4. The maximum absolute atomic E-state index is 6.18. The lowest BCUT2D eigenvalue weighted by Gasteiger charge is -2.42. The van der Waals surface area contributed by atoms with Crippen LogP contribution in [0.25, 0.3) is 0 Å². The lowest BCUT2D eigenvalue weighted by molar-refractivity contribution is -0.125. The van der Waals surface area contributed by atoms with Crippen LogP contribution in [0.15, 0.2) is 24.3 Å². The lowest BCUT2D eigenvalue weighted by atomic mass is 9.90. The van der Waals surface area contributed by atoms with Crippen LogP contribution in [0.3, 0.4) is 0 Å². The molecular weight excluding hydrogens is 269 g/mol. The largest absolute Gasteiger partial charge is 0.360 e. The molecule has 1 atom stereocenters. The summed E-state index contributed by atoms with van der Waals surface area (Å²) in [6.45, 7) is 8.24. The summed E-state index contributed by atoms with van der Waals surface area (Å²) in [6, 6.07) is 7.94. The van der Waals surface area contributed by atoms with Crippen molar-refractivity contribution in [3.63, 3.8) is 0 Å². The second kappa shape index (κ2) is 5.79. The Hall–Kier alpha value is -0.280. The zero-order valence-corrected chi connectivity index (χ0v) is 12.7. The van der Waals surface area contributed by atoms with Gasteiger partial charge in [-0.3, -0.25) is 5.32 Å². The monoisotopic (exact) mass is 289 g/mol. The van der Waals surface area contributed by atoms with Crippen LogP contribution >= 0.6 is 24.0 Å².